The van der Waals surface area contributed by atoms with Crippen molar-refractivity contribution >= 4 is 17.7 Å². The first-order chi connectivity index (χ1) is 8.88. The molecule has 104 valence electrons. The normalized spacial score (nSPS) is 11.8. The summed E-state index contributed by atoms with van der Waals surface area (Å²) in [5.41, 5.74) is 1.93. The van der Waals surface area contributed by atoms with Gasteiger partial charge in [0.05, 0.1) is 0 Å². The summed E-state index contributed by atoms with van der Waals surface area (Å²) in [5, 5.41) is 8.91. The number of carbonyl (C=O) groups excluding carboxylic acids is 1. The zero-order chi connectivity index (χ0) is 14.6. The van der Waals surface area contributed by atoms with Crippen LogP contribution in [0.15, 0.2) is 24.3 Å². The molecule has 0 aliphatic rings. The van der Waals surface area contributed by atoms with Gasteiger partial charge in [-0.1, -0.05) is 19.1 Å². The third kappa shape index (κ3) is 3.47. The number of aliphatic carboxylic acids is 1. The summed E-state index contributed by atoms with van der Waals surface area (Å²) in [6, 6.07) is 6.43. The Balaban J connectivity index is 2.83. The molecule has 0 spiro atoms. The van der Waals surface area contributed by atoms with Gasteiger partial charge in [0.25, 0.3) is 0 Å². The van der Waals surface area contributed by atoms with Crippen molar-refractivity contribution in [3.05, 3.63) is 29.8 Å². The maximum Gasteiger partial charge on any atom is 0.326 e. The monoisotopic (exact) mass is 264 g/mol. The number of carboxylic acids is 1. The molecule has 1 aromatic carbocycles. The highest BCUT2D eigenvalue weighted by Crippen LogP contribution is 2.16. The van der Waals surface area contributed by atoms with Gasteiger partial charge >= 0.3 is 12.0 Å². The minimum absolute atomic E-state index is 0.348. The highest BCUT2D eigenvalue weighted by atomic mass is 16.4. The van der Waals surface area contributed by atoms with E-state index in [-0.39, 0.29) is 6.03 Å². The van der Waals surface area contributed by atoms with Crippen molar-refractivity contribution in [1.29, 1.82) is 0 Å². The first-order valence-corrected chi connectivity index (χ1v) is 6.20. The molecule has 1 N–H and O–H groups in total. The molecule has 0 fully saturated rings. The molecule has 0 saturated heterocycles. The largest absolute Gasteiger partial charge is 0.480 e. The zero-order valence-corrected chi connectivity index (χ0v) is 11.8. The Morgan fingerprint density at radius 1 is 1.21 bits per heavy atom. The maximum absolute atomic E-state index is 12.1. The van der Waals surface area contributed by atoms with Crippen LogP contribution >= 0.6 is 0 Å². The van der Waals surface area contributed by atoms with Crippen LogP contribution in [0.4, 0.5) is 10.5 Å². The summed E-state index contributed by atoms with van der Waals surface area (Å²) in [4.78, 5) is 25.7. The predicted octanol–water partition coefficient (Wildman–Crippen LogP) is 2.21. The number of rotatable bonds is 4. The third-order valence-electron chi connectivity index (χ3n) is 3.26. The number of urea groups is 1. The molecule has 1 atom stereocenters. The number of likely N-dealkylation sites (N-methyl/N-ethyl adjacent to an activating group) is 1. The zero-order valence-electron chi connectivity index (χ0n) is 11.8. The average molecular weight is 264 g/mol. The second-order valence-corrected chi connectivity index (χ2v) is 4.49. The van der Waals surface area contributed by atoms with Gasteiger partial charge in [0.2, 0.25) is 0 Å². The summed E-state index contributed by atoms with van der Waals surface area (Å²) >= 11 is 0. The fraction of sp³-hybridized carbons (Fsp3) is 0.429. The average Bonchev–Trinajstić information content (AvgIpc) is 2.44. The van der Waals surface area contributed by atoms with Gasteiger partial charge in [0, 0.05) is 19.8 Å². The molecule has 1 rings (SSSR count). The van der Waals surface area contributed by atoms with E-state index in [0.29, 0.717) is 0 Å². The molecule has 5 heteroatoms. The Morgan fingerprint density at radius 3 is 2.16 bits per heavy atom. The fourth-order valence-corrected chi connectivity index (χ4v) is 1.63. The number of amides is 2. The van der Waals surface area contributed by atoms with Crippen LogP contribution in [0.3, 0.4) is 0 Å². The van der Waals surface area contributed by atoms with Gasteiger partial charge in [0.15, 0.2) is 0 Å². The van der Waals surface area contributed by atoms with Crippen LogP contribution in [0, 0.1) is 0 Å². The summed E-state index contributed by atoms with van der Waals surface area (Å²) in [5.74, 6) is -1.02. The molecule has 0 bridgehead atoms. The van der Waals surface area contributed by atoms with Crippen LogP contribution in [0.2, 0.25) is 0 Å². The molecule has 0 saturated carbocycles. The van der Waals surface area contributed by atoms with Crippen LogP contribution in [0.1, 0.15) is 19.4 Å². The van der Waals surface area contributed by atoms with Crippen LogP contribution in [0.25, 0.3) is 0 Å². The van der Waals surface area contributed by atoms with Crippen LogP contribution in [-0.2, 0) is 11.2 Å². The van der Waals surface area contributed by atoms with Gasteiger partial charge in [-0.2, -0.15) is 0 Å². The van der Waals surface area contributed by atoms with E-state index in [1.807, 2.05) is 24.3 Å². The fourth-order valence-electron chi connectivity index (χ4n) is 1.63. The number of anilines is 1. The molecular weight excluding hydrogens is 244 g/mol. The summed E-state index contributed by atoms with van der Waals surface area (Å²) < 4.78 is 0. The van der Waals surface area contributed by atoms with Crippen molar-refractivity contribution in [3.8, 4) is 0 Å². The molecule has 19 heavy (non-hydrogen) atoms. The SMILES string of the molecule is CCc1ccc(N(C)C(=O)N(C)C(C)C(=O)O)cc1. The highest BCUT2D eigenvalue weighted by Gasteiger charge is 2.24. The molecule has 0 aliphatic heterocycles. The molecule has 0 radical (unpaired) electrons. The Hall–Kier alpha value is -2.04. The van der Waals surface area contributed by atoms with Crippen molar-refractivity contribution in [2.24, 2.45) is 0 Å². The van der Waals surface area contributed by atoms with Crippen molar-refractivity contribution in [2.75, 3.05) is 19.0 Å². The van der Waals surface area contributed by atoms with E-state index in [9.17, 15) is 9.59 Å². The molecular formula is C14H20N2O3. The predicted molar refractivity (Wildman–Crippen MR) is 74.5 cm³/mol. The Bertz CT molecular complexity index is 456. The second kappa shape index (κ2) is 6.22. The van der Waals surface area contributed by atoms with E-state index in [2.05, 4.69) is 6.92 Å². The van der Waals surface area contributed by atoms with E-state index < -0.39 is 12.0 Å². The lowest BCUT2D eigenvalue weighted by atomic mass is 10.1. The summed E-state index contributed by atoms with van der Waals surface area (Å²) in [7, 11) is 3.12. The molecule has 1 aromatic rings. The van der Waals surface area contributed by atoms with Crippen LogP contribution < -0.4 is 4.90 Å². The lowest BCUT2D eigenvalue weighted by Crippen LogP contribution is -2.46. The van der Waals surface area contributed by atoms with Gasteiger partial charge in [-0.15, -0.1) is 0 Å². The Labute approximate surface area is 113 Å². The minimum Gasteiger partial charge on any atom is -0.480 e. The van der Waals surface area contributed by atoms with Gasteiger partial charge in [0.1, 0.15) is 6.04 Å². The molecule has 2 amide bonds. The molecule has 1 unspecified atom stereocenters. The van der Waals surface area contributed by atoms with E-state index in [1.165, 1.54) is 29.3 Å². The molecule has 5 nitrogen and oxygen atoms in total. The number of benzene rings is 1. The van der Waals surface area contributed by atoms with Crippen LogP contribution in [-0.4, -0.2) is 42.1 Å². The number of nitrogens with zero attached hydrogens (tertiary/aromatic N) is 2. The van der Waals surface area contributed by atoms with E-state index >= 15 is 0 Å². The standard InChI is InChI=1S/C14H20N2O3/c1-5-11-6-8-12(9-7-11)16(4)14(19)15(3)10(2)13(17)18/h6-10H,5H2,1-4H3,(H,17,18). The maximum atomic E-state index is 12.1. The van der Waals surface area contributed by atoms with E-state index in [0.717, 1.165) is 12.1 Å². The van der Waals surface area contributed by atoms with Crippen molar-refractivity contribution in [1.82, 2.24) is 4.90 Å². The first kappa shape index (κ1) is 15.0. The van der Waals surface area contributed by atoms with Crippen molar-refractivity contribution < 1.29 is 14.7 Å². The number of hydrogen-bond donors (Lipinski definition) is 1. The summed E-state index contributed by atoms with van der Waals surface area (Å²) in [6.45, 7) is 3.54. The highest BCUT2D eigenvalue weighted by molar-refractivity contribution is 5.93. The second-order valence-electron chi connectivity index (χ2n) is 4.49. The van der Waals surface area contributed by atoms with Crippen LogP contribution in [0.5, 0.6) is 0 Å². The third-order valence-corrected chi connectivity index (χ3v) is 3.26. The lowest BCUT2D eigenvalue weighted by molar-refractivity contribution is -0.141. The minimum atomic E-state index is -1.02. The number of carbonyl (C=O) groups is 2. The van der Waals surface area contributed by atoms with Gasteiger partial charge in [-0.05, 0) is 31.0 Å². The lowest BCUT2D eigenvalue weighted by Gasteiger charge is -2.27. The number of carboxylic acid groups (broad SMARTS) is 1. The van der Waals surface area contributed by atoms with Gasteiger partial charge in [-0.25, -0.2) is 9.59 Å². The van der Waals surface area contributed by atoms with Gasteiger partial charge < -0.3 is 10.0 Å². The number of hydrogen-bond acceptors (Lipinski definition) is 2. The quantitative estimate of drug-likeness (QED) is 0.907. The van der Waals surface area contributed by atoms with Crippen molar-refractivity contribution in [2.45, 2.75) is 26.3 Å². The first-order valence-electron chi connectivity index (χ1n) is 6.20. The number of aryl methyl sites for hydroxylation is 1. The summed E-state index contributed by atoms with van der Waals surface area (Å²) in [6.07, 6.45) is 0.938. The van der Waals surface area contributed by atoms with E-state index in [4.69, 9.17) is 5.11 Å². The van der Waals surface area contributed by atoms with Crippen molar-refractivity contribution in [3.63, 3.8) is 0 Å². The Kier molecular flexibility index (Phi) is 4.92. The molecule has 0 aromatic heterocycles. The van der Waals surface area contributed by atoms with Gasteiger partial charge in [-0.3, -0.25) is 4.90 Å². The smallest absolute Gasteiger partial charge is 0.326 e. The Morgan fingerprint density at radius 2 is 1.74 bits per heavy atom. The molecule has 0 aliphatic carbocycles. The molecule has 0 heterocycles. The topological polar surface area (TPSA) is 60.9 Å². The van der Waals surface area contributed by atoms with E-state index in [1.54, 1.807) is 7.05 Å².